The first-order chi connectivity index (χ1) is 9.53. The molecule has 0 aromatic heterocycles. The van der Waals surface area contributed by atoms with Crippen molar-refractivity contribution < 1.29 is 9.53 Å². The summed E-state index contributed by atoms with van der Waals surface area (Å²) in [4.78, 5) is 12.3. The summed E-state index contributed by atoms with van der Waals surface area (Å²) in [5.41, 5.74) is 0.231. The fourth-order valence-corrected chi connectivity index (χ4v) is 2.48. The van der Waals surface area contributed by atoms with Gasteiger partial charge in [-0.2, -0.15) is 0 Å². The molecule has 0 aliphatic carbocycles. The van der Waals surface area contributed by atoms with Gasteiger partial charge in [0.1, 0.15) is 5.54 Å². The van der Waals surface area contributed by atoms with Crippen molar-refractivity contribution in [2.75, 3.05) is 11.9 Å². The Balaban J connectivity index is 2.86. The molecule has 1 N–H and O–H groups in total. The topological polar surface area (TPSA) is 38.3 Å². The van der Waals surface area contributed by atoms with Crippen LogP contribution in [0.2, 0.25) is 0 Å². The number of nitrogens with one attached hydrogen (secondary N) is 1. The fourth-order valence-electron chi connectivity index (χ4n) is 2.09. The summed E-state index contributed by atoms with van der Waals surface area (Å²) >= 11 is 3.50. The van der Waals surface area contributed by atoms with Crippen molar-refractivity contribution in [1.29, 1.82) is 0 Å². The first-order valence-corrected chi connectivity index (χ1v) is 8.02. The highest BCUT2D eigenvalue weighted by atomic mass is 79.9. The molecule has 0 aliphatic rings. The van der Waals surface area contributed by atoms with Crippen LogP contribution in [0.25, 0.3) is 0 Å². The molecule has 1 rings (SSSR count). The van der Waals surface area contributed by atoms with E-state index in [0.717, 1.165) is 35.8 Å². The Kier molecular flexibility index (Phi) is 7.06. The monoisotopic (exact) mass is 341 g/mol. The smallest absolute Gasteiger partial charge is 0.331 e. The molecule has 3 nitrogen and oxygen atoms in total. The van der Waals surface area contributed by atoms with Crippen molar-refractivity contribution in [2.45, 2.75) is 52.0 Å². The first-order valence-electron chi connectivity index (χ1n) is 7.23. The number of benzene rings is 1. The van der Waals surface area contributed by atoms with Crippen molar-refractivity contribution >= 4 is 27.6 Å². The van der Waals surface area contributed by atoms with E-state index in [9.17, 15) is 4.79 Å². The summed E-state index contributed by atoms with van der Waals surface area (Å²) in [6, 6.07) is 7.82. The van der Waals surface area contributed by atoms with Gasteiger partial charge in [-0.15, -0.1) is 0 Å². The zero-order valence-electron chi connectivity index (χ0n) is 12.5. The summed E-state index contributed by atoms with van der Waals surface area (Å²) in [6.07, 6.45) is 4.02. The minimum Gasteiger partial charge on any atom is -0.464 e. The highest BCUT2D eigenvalue weighted by Crippen LogP contribution is 2.28. The van der Waals surface area contributed by atoms with E-state index in [4.69, 9.17) is 4.74 Å². The number of rotatable bonds is 8. The third-order valence-corrected chi connectivity index (χ3v) is 3.98. The zero-order valence-corrected chi connectivity index (χ0v) is 14.1. The summed E-state index contributed by atoms with van der Waals surface area (Å²) in [5, 5.41) is 3.35. The number of hydrogen-bond acceptors (Lipinski definition) is 3. The summed E-state index contributed by atoms with van der Waals surface area (Å²) in [6.45, 7) is 6.31. The lowest BCUT2D eigenvalue weighted by atomic mass is 9.94. The summed E-state index contributed by atoms with van der Waals surface area (Å²) < 4.78 is 6.18. The first kappa shape index (κ1) is 17.0. The SMILES string of the molecule is CCCCCC(C)(Nc1ccccc1Br)C(=O)OCC. The molecule has 4 heteroatoms. The second-order valence-corrected chi connectivity index (χ2v) is 5.97. The van der Waals surface area contributed by atoms with E-state index < -0.39 is 5.54 Å². The van der Waals surface area contributed by atoms with Crippen LogP contribution in [0.5, 0.6) is 0 Å². The molecule has 0 bridgehead atoms. The van der Waals surface area contributed by atoms with E-state index in [1.165, 1.54) is 0 Å². The third kappa shape index (κ3) is 4.82. The van der Waals surface area contributed by atoms with Crippen LogP contribution in [0, 0.1) is 0 Å². The second-order valence-electron chi connectivity index (χ2n) is 5.11. The standard InChI is InChI=1S/C16H24BrNO2/c1-4-6-9-12-16(3,15(19)20-5-2)18-14-11-8-7-10-13(14)17/h7-8,10-11,18H,4-6,9,12H2,1-3H3. The highest BCUT2D eigenvalue weighted by Gasteiger charge is 2.34. The highest BCUT2D eigenvalue weighted by molar-refractivity contribution is 9.10. The van der Waals surface area contributed by atoms with Gasteiger partial charge in [0, 0.05) is 10.2 Å². The van der Waals surface area contributed by atoms with Crippen molar-refractivity contribution in [3.8, 4) is 0 Å². The van der Waals surface area contributed by atoms with Crippen molar-refractivity contribution in [3.05, 3.63) is 28.7 Å². The number of esters is 1. The van der Waals surface area contributed by atoms with Crippen LogP contribution in [-0.2, 0) is 9.53 Å². The van der Waals surface area contributed by atoms with Gasteiger partial charge >= 0.3 is 5.97 Å². The summed E-state index contributed by atoms with van der Waals surface area (Å²) in [5.74, 6) is -0.188. The van der Waals surface area contributed by atoms with E-state index in [1.807, 2.05) is 38.1 Å². The molecule has 112 valence electrons. The Hall–Kier alpha value is -1.03. The van der Waals surface area contributed by atoms with Gasteiger partial charge in [0.25, 0.3) is 0 Å². The lowest BCUT2D eigenvalue weighted by Crippen LogP contribution is -2.44. The van der Waals surface area contributed by atoms with Crippen molar-refractivity contribution in [1.82, 2.24) is 0 Å². The second kappa shape index (κ2) is 8.30. The predicted molar refractivity (Wildman–Crippen MR) is 86.9 cm³/mol. The molecule has 1 atom stereocenters. The van der Waals surface area contributed by atoms with Gasteiger partial charge in [-0.3, -0.25) is 0 Å². The quantitative estimate of drug-likeness (QED) is 0.547. The minimum absolute atomic E-state index is 0.188. The van der Waals surface area contributed by atoms with Crippen molar-refractivity contribution in [2.24, 2.45) is 0 Å². The van der Waals surface area contributed by atoms with E-state index in [-0.39, 0.29) is 5.97 Å². The molecule has 0 saturated heterocycles. The largest absolute Gasteiger partial charge is 0.464 e. The number of ether oxygens (including phenoxy) is 1. The van der Waals surface area contributed by atoms with Crippen LogP contribution in [0.4, 0.5) is 5.69 Å². The van der Waals surface area contributed by atoms with Gasteiger partial charge in [-0.05, 0) is 48.3 Å². The molecular weight excluding hydrogens is 318 g/mol. The van der Waals surface area contributed by atoms with E-state index in [1.54, 1.807) is 0 Å². The average Bonchev–Trinajstić information content (AvgIpc) is 2.42. The molecule has 1 unspecified atom stereocenters. The van der Waals surface area contributed by atoms with Gasteiger partial charge in [0.2, 0.25) is 0 Å². The predicted octanol–water partition coefficient (Wildman–Crippen LogP) is 4.76. The third-order valence-electron chi connectivity index (χ3n) is 3.29. The molecule has 0 heterocycles. The number of carbonyl (C=O) groups is 1. The van der Waals surface area contributed by atoms with Crippen molar-refractivity contribution in [3.63, 3.8) is 0 Å². The van der Waals surface area contributed by atoms with Crippen LogP contribution >= 0.6 is 15.9 Å². The number of carbonyl (C=O) groups excluding carboxylic acids is 1. The maximum Gasteiger partial charge on any atom is 0.331 e. The lowest BCUT2D eigenvalue weighted by Gasteiger charge is -2.30. The van der Waals surface area contributed by atoms with E-state index >= 15 is 0 Å². The Bertz CT molecular complexity index is 436. The molecule has 0 fully saturated rings. The van der Waals surface area contributed by atoms with Gasteiger partial charge in [-0.1, -0.05) is 38.3 Å². The molecule has 0 spiro atoms. The van der Waals surface area contributed by atoms with Gasteiger partial charge in [0.15, 0.2) is 0 Å². The van der Waals surface area contributed by atoms with Crippen LogP contribution in [-0.4, -0.2) is 18.1 Å². The van der Waals surface area contributed by atoms with Crippen LogP contribution < -0.4 is 5.32 Å². The Morgan fingerprint density at radius 2 is 2.00 bits per heavy atom. The van der Waals surface area contributed by atoms with Gasteiger partial charge < -0.3 is 10.1 Å². The fraction of sp³-hybridized carbons (Fsp3) is 0.562. The molecule has 1 aromatic carbocycles. The normalized spacial score (nSPS) is 13.6. The Morgan fingerprint density at radius 1 is 1.30 bits per heavy atom. The molecule has 20 heavy (non-hydrogen) atoms. The molecular formula is C16H24BrNO2. The maximum atomic E-state index is 12.3. The number of anilines is 1. The van der Waals surface area contributed by atoms with E-state index in [2.05, 4.69) is 28.2 Å². The molecule has 0 radical (unpaired) electrons. The van der Waals surface area contributed by atoms with Crippen LogP contribution in [0.15, 0.2) is 28.7 Å². The lowest BCUT2D eigenvalue weighted by molar-refractivity contribution is -0.148. The molecule has 0 amide bonds. The number of halogens is 1. The summed E-state index contributed by atoms with van der Waals surface area (Å²) in [7, 11) is 0. The molecule has 0 saturated carbocycles. The van der Waals surface area contributed by atoms with Gasteiger partial charge in [0.05, 0.1) is 6.61 Å². The number of hydrogen-bond donors (Lipinski definition) is 1. The Labute approximate surface area is 130 Å². The minimum atomic E-state index is -0.685. The van der Waals surface area contributed by atoms with Crippen LogP contribution in [0.3, 0.4) is 0 Å². The zero-order chi connectivity index (χ0) is 15.0. The van der Waals surface area contributed by atoms with E-state index in [0.29, 0.717) is 6.61 Å². The average molecular weight is 342 g/mol. The molecule has 1 aromatic rings. The number of para-hydroxylation sites is 1. The van der Waals surface area contributed by atoms with Crippen LogP contribution in [0.1, 0.15) is 46.5 Å². The molecule has 0 aliphatic heterocycles. The maximum absolute atomic E-state index is 12.3. The number of unbranched alkanes of at least 4 members (excludes halogenated alkanes) is 2. The van der Waals surface area contributed by atoms with Gasteiger partial charge in [-0.25, -0.2) is 4.79 Å². The Morgan fingerprint density at radius 3 is 2.60 bits per heavy atom.